The highest BCUT2D eigenvalue weighted by atomic mass is 16.5. The third-order valence-electron chi connectivity index (χ3n) is 5.19. The Morgan fingerprint density at radius 1 is 0.562 bits per heavy atom. The maximum Gasteiger partial charge on any atom is 0.136 e. The van der Waals surface area contributed by atoms with E-state index >= 15 is 0 Å². The molecule has 2 heteroatoms. The predicted octanol–water partition coefficient (Wildman–Crippen LogP) is 6.41. The average molecular weight is 423 g/mol. The minimum absolute atomic E-state index is 0.684. The fourth-order valence-corrected chi connectivity index (χ4v) is 3.46. The quantitative estimate of drug-likeness (QED) is 0.428. The van der Waals surface area contributed by atoms with E-state index in [-0.39, 0.29) is 0 Å². The van der Waals surface area contributed by atoms with Crippen molar-refractivity contribution < 1.29 is 9.47 Å². The second kappa shape index (κ2) is 11.7. The zero-order chi connectivity index (χ0) is 22.8. The van der Waals surface area contributed by atoms with Crippen LogP contribution in [0.1, 0.15) is 60.1 Å². The van der Waals surface area contributed by atoms with Crippen LogP contribution in [-0.4, -0.2) is 14.2 Å². The molecule has 2 nitrogen and oxygen atoms in total. The highest BCUT2D eigenvalue weighted by Gasteiger charge is 2.08. The van der Waals surface area contributed by atoms with Crippen LogP contribution in [0.25, 0.3) is 0 Å². The van der Waals surface area contributed by atoms with Crippen LogP contribution in [-0.2, 0) is 12.8 Å². The van der Waals surface area contributed by atoms with Gasteiger partial charge in [0.05, 0.1) is 25.3 Å². The van der Waals surface area contributed by atoms with Crippen LogP contribution in [0.3, 0.4) is 0 Å². The molecule has 0 fully saturated rings. The lowest BCUT2D eigenvalue weighted by atomic mass is 10.1. The zero-order valence-corrected chi connectivity index (χ0v) is 19.4. The summed E-state index contributed by atoms with van der Waals surface area (Å²) in [7, 11) is 3.30. The van der Waals surface area contributed by atoms with Crippen LogP contribution >= 0.6 is 0 Å². The van der Waals surface area contributed by atoms with Crippen molar-refractivity contribution in [3.8, 4) is 35.2 Å². The van der Waals surface area contributed by atoms with E-state index in [9.17, 15) is 0 Å². The van der Waals surface area contributed by atoms with Gasteiger partial charge >= 0.3 is 0 Å². The van der Waals surface area contributed by atoms with Crippen LogP contribution in [0.15, 0.2) is 60.7 Å². The molecule has 3 aromatic carbocycles. The Bertz CT molecular complexity index is 1050. The minimum Gasteiger partial charge on any atom is -0.495 e. The van der Waals surface area contributed by atoms with Gasteiger partial charge in [0.2, 0.25) is 0 Å². The molecule has 0 radical (unpaired) electrons. The molecule has 32 heavy (non-hydrogen) atoms. The predicted molar refractivity (Wildman–Crippen MR) is 132 cm³/mol. The highest BCUT2D eigenvalue weighted by Crippen LogP contribution is 2.28. The van der Waals surface area contributed by atoms with Gasteiger partial charge in [-0.2, -0.15) is 0 Å². The Morgan fingerprint density at radius 3 is 1.25 bits per heavy atom. The van der Waals surface area contributed by atoms with Gasteiger partial charge in [-0.25, -0.2) is 0 Å². The Morgan fingerprint density at radius 2 is 0.938 bits per heavy atom. The molecule has 0 saturated heterocycles. The maximum absolute atomic E-state index is 5.59. The summed E-state index contributed by atoms with van der Waals surface area (Å²) in [6.07, 6.45) is 4.46. The van der Waals surface area contributed by atoms with E-state index in [0.717, 1.165) is 47.9 Å². The Labute approximate surface area is 192 Å². The minimum atomic E-state index is 0.684. The number of hydrogen-bond donors (Lipinski definition) is 0. The number of rotatable bonds is 6. The maximum atomic E-state index is 5.59. The van der Waals surface area contributed by atoms with Gasteiger partial charge in [0.1, 0.15) is 11.5 Å². The second-order valence-electron chi connectivity index (χ2n) is 7.65. The first-order chi connectivity index (χ1) is 15.7. The summed E-state index contributed by atoms with van der Waals surface area (Å²) in [6, 6.07) is 20.6. The summed E-state index contributed by atoms with van der Waals surface area (Å²) in [5.41, 5.74) is 6.16. The molecule has 0 heterocycles. The second-order valence-corrected chi connectivity index (χ2v) is 7.65. The molecule has 3 aromatic rings. The van der Waals surface area contributed by atoms with Crippen LogP contribution in [0.2, 0.25) is 0 Å². The van der Waals surface area contributed by atoms with Gasteiger partial charge in [-0.3, -0.25) is 0 Å². The molecule has 0 spiro atoms. The molecular formula is C30H30O2. The van der Waals surface area contributed by atoms with Crippen molar-refractivity contribution in [2.45, 2.75) is 39.5 Å². The zero-order valence-electron chi connectivity index (χ0n) is 19.4. The molecule has 0 amide bonds. The molecule has 0 saturated carbocycles. The van der Waals surface area contributed by atoms with Crippen LogP contribution in [0, 0.1) is 23.7 Å². The van der Waals surface area contributed by atoms with Crippen LogP contribution in [0.5, 0.6) is 11.5 Å². The van der Waals surface area contributed by atoms with E-state index in [4.69, 9.17) is 9.47 Å². The monoisotopic (exact) mass is 422 g/mol. The first-order valence-corrected chi connectivity index (χ1v) is 11.1. The molecule has 0 aromatic heterocycles. The van der Waals surface area contributed by atoms with Crippen molar-refractivity contribution >= 4 is 0 Å². The largest absolute Gasteiger partial charge is 0.495 e. The molecule has 0 atom stereocenters. The molecular weight excluding hydrogens is 392 g/mol. The lowest BCUT2D eigenvalue weighted by Crippen LogP contribution is -1.94. The summed E-state index contributed by atoms with van der Waals surface area (Å²) in [5.74, 6) is 14.3. The number of aryl methyl sites for hydroxylation is 2. The molecule has 0 aliphatic carbocycles. The van der Waals surface area contributed by atoms with Gasteiger partial charge in [-0.05, 0) is 48.2 Å². The summed E-state index contributed by atoms with van der Waals surface area (Å²) in [5, 5.41) is 0. The number of methoxy groups -OCH3 is 2. The fraction of sp³-hybridized carbons (Fsp3) is 0.267. The normalized spacial score (nSPS) is 9.88. The van der Waals surface area contributed by atoms with Gasteiger partial charge in [0.15, 0.2) is 0 Å². The van der Waals surface area contributed by atoms with Gasteiger partial charge in [-0.15, -0.1) is 0 Å². The molecule has 162 valence electrons. The molecule has 0 aliphatic rings. The lowest BCUT2D eigenvalue weighted by molar-refractivity contribution is 0.401. The fourth-order valence-electron chi connectivity index (χ4n) is 3.46. The number of benzene rings is 3. The summed E-state index contributed by atoms with van der Waals surface area (Å²) in [6.45, 7) is 4.37. The van der Waals surface area contributed by atoms with Gasteiger partial charge < -0.3 is 9.47 Å². The van der Waals surface area contributed by atoms with Crippen molar-refractivity contribution in [2.75, 3.05) is 14.2 Å². The van der Waals surface area contributed by atoms with Gasteiger partial charge in [0.25, 0.3) is 0 Å². The highest BCUT2D eigenvalue weighted by molar-refractivity contribution is 5.60. The lowest BCUT2D eigenvalue weighted by Gasteiger charge is -2.09. The van der Waals surface area contributed by atoms with E-state index < -0.39 is 0 Å². The third-order valence-corrected chi connectivity index (χ3v) is 5.19. The number of ether oxygens (including phenoxy) is 2. The van der Waals surface area contributed by atoms with Crippen LogP contribution < -0.4 is 9.47 Å². The van der Waals surface area contributed by atoms with Crippen molar-refractivity contribution in [3.05, 3.63) is 94.0 Å². The standard InChI is InChI=1S/C30H30O2/c1-5-7-23-9-13-25(14-10-23)17-19-27-21-30(32-4)28(22-29(27)31-3)20-18-26-15-11-24(8-6-2)12-16-26/h9-16,21-22H,5-8H2,1-4H3. The Hall–Kier alpha value is -3.62. The van der Waals surface area contributed by atoms with Crippen LogP contribution in [0.4, 0.5) is 0 Å². The van der Waals surface area contributed by atoms with Gasteiger partial charge in [0, 0.05) is 23.3 Å². The van der Waals surface area contributed by atoms with Crippen molar-refractivity contribution in [3.63, 3.8) is 0 Å². The van der Waals surface area contributed by atoms with E-state index in [2.05, 4.69) is 86.1 Å². The van der Waals surface area contributed by atoms with E-state index in [1.807, 2.05) is 12.1 Å². The average Bonchev–Trinajstić information content (AvgIpc) is 2.83. The molecule has 0 N–H and O–H groups in total. The summed E-state index contributed by atoms with van der Waals surface area (Å²) >= 11 is 0. The first-order valence-electron chi connectivity index (χ1n) is 11.1. The Balaban J connectivity index is 1.87. The topological polar surface area (TPSA) is 18.5 Å². The summed E-state index contributed by atoms with van der Waals surface area (Å²) < 4.78 is 11.2. The molecule has 0 bridgehead atoms. The van der Waals surface area contributed by atoms with E-state index in [1.165, 1.54) is 11.1 Å². The summed E-state index contributed by atoms with van der Waals surface area (Å²) in [4.78, 5) is 0. The van der Waals surface area contributed by atoms with Gasteiger partial charge in [-0.1, -0.05) is 74.6 Å². The SMILES string of the molecule is CCCc1ccc(C#Cc2cc(OC)c(C#Cc3ccc(CCC)cc3)cc2OC)cc1. The smallest absolute Gasteiger partial charge is 0.136 e. The Kier molecular flexibility index (Phi) is 8.42. The van der Waals surface area contributed by atoms with Crippen molar-refractivity contribution in [1.82, 2.24) is 0 Å². The first kappa shape index (κ1) is 23.1. The molecule has 0 aliphatic heterocycles. The van der Waals surface area contributed by atoms with Crippen molar-refractivity contribution in [1.29, 1.82) is 0 Å². The third kappa shape index (κ3) is 6.19. The number of hydrogen-bond acceptors (Lipinski definition) is 2. The van der Waals surface area contributed by atoms with E-state index in [0.29, 0.717) is 11.5 Å². The van der Waals surface area contributed by atoms with Crippen molar-refractivity contribution in [2.24, 2.45) is 0 Å². The molecule has 0 unspecified atom stereocenters. The molecule has 3 rings (SSSR count). The van der Waals surface area contributed by atoms with E-state index in [1.54, 1.807) is 14.2 Å².